The maximum Gasteiger partial charge on any atom is 0.251 e. The Balaban J connectivity index is 1.67. The van der Waals surface area contributed by atoms with Crippen LogP contribution in [0.2, 0.25) is 0 Å². The molecule has 0 aliphatic carbocycles. The first kappa shape index (κ1) is 24.3. The summed E-state index contributed by atoms with van der Waals surface area (Å²) in [5, 5.41) is 15.1. The van der Waals surface area contributed by atoms with Gasteiger partial charge in [0.25, 0.3) is 5.91 Å². The maximum absolute atomic E-state index is 12.6. The average Bonchev–Trinajstić information content (AvgIpc) is 3.17. The van der Waals surface area contributed by atoms with Crippen molar-refractivity contribution < 1.29 is 9.59 Å². The summed E-state index contributed by atoms with van der Waals surface area (Å²) in [4.78, 5) is 25.1. The van der Waals surface area contributed by atoms with Crippen LogP contribution in [-0.4, -0.2) is 32.3 Å². The van der Waals surface area contributed by atoms with Crippen molar-refractivity contribution in [1.82, 2.24) is 20.1 Å². The Morgan fingerprint density at radius 3 is 2.58 bits per heavy atom. The van der Waals surface area contributed by atoms with Crippen LogP contribution < -0.4 is 10.6 Å². The van der Waals surface area contributed by atoms with Crippen molar-refractivity contribution in [3.63, 3.8) is 0 Å². The van der Waals surface area contributed by atoms with Crippen LogP contribution in [0.25, 0.3) is 0 Å². The molecule has 0 saturated carbocycles. The van der Waals surface area contributed by atoms with Crippen LogP contribution in [0.5, 0.6) is 0 Å². The van der Waals surface area contributed by atoms with Crippen molar-refractivity contribution >= 4 is 29.3 Å². The Bertz CT molecular complexity index is 1170. The molecule has 1 aromatic heterocycles. The smallest absolute Gasteiger partial charge is 0.251 e. The number of nitrogens with zero attached hydrogens (tertiary/aromatic N) is 3. The number of rotatable bonds is 9. The van der Waals surface area contributed by atoms with Crippen LogP contribution in [0.4, 0.5) is 5.69 Å². The highest BCUT2D eigenvalue weighted by atomic mass is 32.2. The van der Waals surface area contributed by atoms with Gasteiger partial charge in [0.15, 0.2) is 11.0 Å². The van der Waals surface area contributed by atoms with E-state index in [4.69, 9.17) is 0 Å². The van der Waals surface area contributed by atoms with Crippen LogP contribution in [-0.2, 0) is 11.3 Å². The Kier molecular flexibility index (Phi) is 8.06. The predicted molar refractivity (Wildman–Crippen MR) is 133 cm³/mol. The molecule has 3 aromatic rings. The monoisotopic (exact) mass is 463 g/mol. The number of nitrogens with one attached hydrogen (secondary N) is 2. The minimum atomic E-state index is -0.371. The van der Waals surface area contributed by atoms with E-state index in [1.54, 1.807) is 12.1 Å². The van der Waals surface area contributed by atoms with E-state index in [0.717, 1.165) is 22.4 Å². The number of hydrogen-bond donors (Lipinski definition) is 2. The molecule has 2 amide bonds. The summed E-state index contributed by atoms with van der Waals surface area (Å²) < 4.78 is 1.86. The second kappa shape index (κ2) is 11.0. The first-order valence-corrected chi connectivity index (χ1v) is 11.7. The van der Waals surface area contributed by atoms with Gasteiger partial charge >= 0.3 is 0 Å². The number of benzene rings is 2. The molecule has 7 nitrogen and oxygen atoms in total. The number of carbonyl (C=O) groups is 2. The molecule has 0 fully saturated rings. The van der Waals surface area contributed by atoms with E-state index in [1.165, 1.54) is 11.8 Å². The lowest BCUT2D eigenvalue weighted by Crippen LogP contribution is -2.29. The molecule has 2 N–H and O–H groups in total. The average molecular weight is 464 g/mol. The van der Waals surface area contributed by atoms with Gasteiger partial charge in [-0.05, 0) is 51.5 Å². The summed E-state index contributed by atoms with van der Waals surface area (Å²) >= 11 is 1.30. The second-order valence-electron chi connectivity index (χ2n) is 7.96. The van der Waals surface area contributed by atoms with Crippen molar-refractivity contribution in [2.24, 2.45) is 0 Å². The summed E-state index contributed by atoms with van der Waals surface area (Å²) in [5.74, 6) is 0.490. The van der Waals surface area contributed by atoms with Gasteiger partial charge in [0.1, 0.15) is 0 Å². The highest BCUT2D eigenvalue weighted by molar-refractivity contribution is 7.99. The molecule has 3 rings (SSSR count). The molecule has 0 spiro atoms. The standard InChI is InChI=1S/C25H29N5O2S/c1-6-12-30-23(19(5)26-24(32)20-9-7-8-16(2)14-20)28-29-25(30)33-15-22(31)27-21-11-10-17(3)13-18(21)4/h6-11,13-14,19H,1,12,15H2,2-5H3,(H,26,32)(H,27,31)/t19-/m1/s1. The summed E-state index contributed by atoms with van der Waals surface area (Å²) in [5.41, 5.74) is 4.57. The zero-order valence-electron chi connectivity index (χ0n) is 19.4. The van der Waals surface area contributed by atoms with Gasteiger partial charge in [0.2, 0.25) is 5.91 Å². The Labute approximate surface area is 198 Å². The quantitative estimate of drug-likeness (QED) is 0.357. The number of allylic oxidation sites excluding steroid dienone is 1. The zero-order chi connectivity index (χ0) is 24.0. The molecule has 33 heavy (non-hydrogen) atoms. The predicted octanol–water partition coefficient (Wildman–Crippen LogP) is 4.61. The lowest BCUT2D eigenvalue weighted by atomic mass is 10.1. The van der Waals surface area contributed by atoms with E-state index in [0.29, 0.717) is 23.1 Å². The van der Waals surface area contributed by atoms with E-state index < -0.39 is 0 Å². The fourth-order valence-corrected chi connectivity index (χ4v) is 4.18. The van der Waals surface area contributed by atoms with Crippen molar-refractivity contribution in [3.8, 4) is 0 Å². The molecule has 0 saturated heterocycles. The van der Waals surface area contributed by atoms with Crippen LogP contribution in [0.1, 0.15) is 45.8 Å². The number of anilines is 1. The first-order valence-electron chi connectivity index (χ1n) is 10.7. The van der Waals surface area contributed by atoms with Gasteiger partial charge in [0, 0.05) is 17.8 Å². The van der Waals surface area contributed by atoms with Crippen molar-refractivity contribution in [2.75, 3.05) is 11.1 Å². The number of amides is 2. The van der Waals surface area contributed by atoms with Gasteiger partial charge in [0.05, 0.1) is 11.8 Å². The molecular weight excluding hydrogens is 434 g/mol. The SMILES string of the molecule is C=CCn1c(SCC(=O)Nc2ccc(C)cc2C)nnc1[C@@H](C)NC(=O)c1cccc(C)c1. The topological polar surface area (TPSA) is 88.9 Å². The molecule has 1 atom stereocenters. The molecule has 172 valence electrons. The van der Waals surface area contributed by atoms with Crippen LogP contribution in [0.15, 0.2) is 60.3 Å². The van der Waals surface area contributed by atoms with E-state index in [9.17, 15) is 9.59 Å². The highest BCUT2D eigenvalue weighted by Gasteiger charge is 2.20. The summed E-state index contributed by atoms with van der Waals surface area (Å²) in [7, 11) is 0. The molecule has 1 heterocycles. The third kappa shape index (κ3) is 6.32. The molecule has 0 unspecified atom stereocenters. The minimum absolute atomic E-state index is 0.123. The number of hydrogen-bond acceptors (Lipinski definition) is 5. The van der Waals surface area contributed by atoms with Gasteiger partial charge in [-0.1, -0.05) is 53.2 Å². The van der Waals surface area contributed by atoms with Crippen molar-refractivity contribution in [3.05, 3.63) is 83.2 Å². The number of aromatic nitrogens is 3. The number of carbonyl (C=O) groups excluding carboxylic acids is 2. The van der Waals surface area contributed by atoms with E-state index in [2.05, 4.69) is 27.4 Å². The molecule has 8 heteroatoms. The van der Waals surface area contributed by atoms with Gasteiger partial charge < -0.3 is 15.2 Å². The molecule has 0 bridgehead atoms. The lowest BCUT2D eigenvalue weighted by molar-refractivity contribution is -0.113. The van der Waals surface area contributed by atoms with Gasteiger partial charge in [-0.3, -0.25) is 9.59 Å². The van der Waals surface area contributed by atoms with Gasteiger partial charge in [-0.25, -0.2) is 0 Å². The maximum atomic E-state index is 12.6. The lowest BCUT2D eigenvalue weighted by Gasteiger charge is -2.15. The van der Waals surface area contributed by atoms with E-state index in [1.807, 2.05) is 68.7 Å². The molecular formula is C25H29N5O2S. The van der Waals surface area contributed by atoms with E-state index >= 15 is 0 Å². The summed E-state index contributed by atoms with van der Waals surface area (Å²) in [6, 6.07) is 12.9. The molecule has 0 aliphatic rings. The number of aryl methyl sites for hydroxylation is 3. The Morgan fingerprint density at radius 1 is 1.12 bits per heavy atom. The number of thioether (sulfide) groups is 1. The first-order chi connectivity index (χ1) is 15.8. The largest absolute Gasteiger partial charge is 0.342 e. The highest BCUT2D eigenvalue weighted by Crippen LogP contribution is 2.22. The third-order valence-corrected chi connectivity index (χ3v) is 6.03. The molecule has 0 radical (unpaired) electrons. The molecule has 2 aromatic carbocycles. The Morgan fingerprint density at radius 2 is 1.88 bits per heavy atom. The fraction of sp³-hybridized carbons (Fsp3) is 0.280. The Hall–Kier alpha value is -3.39. The van der Waals surface area contributed by atoms with Crippen molar-refractivity contribution in [1.29, 1.82) is 0 Å². The third-order valence-electron chi connectivity index (χ3n) is 5.06. The fourth-order valence-electron chi connectivity index (χ4n) is 3.43. The van der Waals surface area contributed by atoms with Crippen molar-refractivity contribution in [2.45, 2.75) is 45.4 Å². The van der Waals surface area contributed by atoms with Crippen LogP contribution in [0, 0.1) is 20.8 Å². The van der Waals surface area contributed by atoms with Gasteiger partial charge in [-0.15, -0.1) is 16.8 Å². The van der Waals surface area contributed by atoms with Gasteiger partial charge in [-0.2, -0.15) is 0 Å². The van der Waals surface area contributed by atoms with Crippen LogP contribution >= 0.6 is 11.8 Å². The zero-order valence-corrected chi connectivity index (χ0v) is 20.2. The minimum Gasteiger partial charge on any atom is -0.342 e. The summed E-state index contributed by atoms with van der Waals surface area (Å²) in [6.07, 6.45) is 1.74. The second-order valence-corrected chi connectivity index (χ2v) is 8.90. The normalized spacial score (nSPS) is 11.6. The molecule has 0 aliphatic heterocycles. The van der Waals surface area contributed by atoms with Crippen LogP contribution in [0.3, 0.4) is 0 Å². The van der Waals surface area contributed by atoms with E-state index in [-0.39, 0.29) is 23.6 Å². The summed E-state index contributed by atoms with van der Waals surface area (Å²) in [6.45, 7) is 12.1.